The van der Waals surface area contributed by atoms with E-state index in [1.807, 2.05) is 4.90 Å². The van der Waals surface area contributed by atoms with Crippen LogP contribution in [0.25, 0.3) is 0 Å². The minimum Gasteiger partial charge on any atom is -0.493 e. The van der Waals surface area contributed by atoms with Crippen molar-refractivity contribution in [2.45, 2.75) is 25.2 Å². The van der Waals surface area contributed by atoms with E-state index in [2.05, 4.69) is 5.32 Å². The number of anilines is 1. The van der Waals surface area contributed by atoms with Crippen molar-refractivity contribution >= 4 is 11.7 Å². The Hall–Kier alpha value is -2.96. The van der Waals surface area contributed by atoms with E-state index in [0.717, 1.165) is 24.8 Å². The normalized spacial score (nSPS) is 16.7. The van der Waals surface area contributed by atoms with Gasteiger partial charge in [-0.05, 0) is 30.5 Å². The first-order chi connectivity index (χ1) is 14.0. The number of urea groups is 1. The zero-order valence-corrected chi connectivity index (χ0v) is 17.0. The Bertz CT molecular complexity index is 816. The van der Waals surface area contributed by atoms with Crippen molar-refractivity contribution in [2.24, 2.45) is 0 Å². The predicted octanol–water partition coefficient (Wildman–Crippen LogP) is 4.65. The second-order valence-corrected chi connectivity index (χ2v) is 7.03. The van der Waals surface area contributed by atoms with Crippen molar-refractivity contribution in [1.82, 2.24) is 4.90 Å². The molecule has 7 heteroatoms. The summed E-state index contributed by atoms with van der Waals surface area (Å²) in [6.07, 6.45) is 2.93. The zero-order chi connectivity index (χ0) is 20.8. The van der Waals surface area contributed by atoms with Crippen LogP contribution in [0.3, 0.4) is 0 Å². The van der Waals surface area contributed by atoms with E-state index in [0.29, 0.717) is 36.0 Å². The summed E-state index contributed by atoms with van der Waals surface area (Å²) in [5, 5.41) is 2.93. The molecule has 1 aliphatic rings. The van der Waals surface area contributed by atoms with Gasteiger partial charge in [-0.1, -0.05) is 18.6 Å². The molecular formula is C22H27FN2O4. The van der Waals surface area contributed by atoms with Gasteiger partial charge in [0.1, 0.15) is 5.82 Å². The summed E-state index contributed by atoms with van der Waals surface area (Å²) in [5.74, 6) is 1.35. The van der Waals surface area contributed by atoms with Crippen LogP contribution in [0, 0.1) is 5.82 Å². The molecule has 2 aromatic rings. The van der Waals surface area contributed by atoms with E-state index in [-0.39, 0.29) is 17.8 Å². The van der Waals surface area contributed by atoms with Crippen LogP contribution < -0.4 is 19.5 Å². The fourth-order valence-electron chi connectivity index (χ4n) is 3.69. The van der Waals surface area contributed by atoms with Gasteiger partial charge in [0.25, 0.3) is 0 Å². The highest BCUT2D eigenvalue weighted by molar-refractivity contribution is 5.90. The maximum absolute atomic E-state index is 13.3. The van der Waals surface area contributed by atoms with Gasteiger partial charge in [0.2, 0.25) is 5.75 Å². The second kappa shape index (κ2) is 9.49. The van der Waals surface area contributed by atoms with Crippen molar-refractivity contribution in [3.63, 3.8) is 0 Å². The van der Waals surface area contributed by atoms with Gasteiger partial charge in [-0.2, -0.15) is 0 Å². The number of benzene rings is 2. The summed E-state index contributed by atoms with van der Waals surface area (Å²) in [5.41, 5.74) is 1.62. The average Bonchev–Trinajstić information content (AvgIpc) is 3.00. The molecule has 1 fully saturated rings. The summed E-state index contributed by atoms with van der Waals surface area (Å²) in [7, 11) is 4.60. The Morgan fingerprint density at radius 1 is 1.03 bits per heavy atom. The van der Waals surface area contributed by atoms with Gasteiger partial charge in [-0.25, -0.2) is 9.18 Å². The zero-order valence-electron chi connectivity index (χ0n) is 17.0. The molecule has 3 rings (SSSR count). The molecule has 1 saturated heterocycles. The van der Waals surface area contributed by atoms with E-state index < -0.39 is 0 Å². The minimum atomic E-state index is -0.251. The summed E-state index contributed by atoms with van der Waals surface area (Å²) in [6, 6.07) is 9.78. The lowest BCUT2D eigenvalue weighted by Crippen LogP contribution is -2.37. The molecule has 6 nitrogen and oxygen atoms in total. The number of hydrogen-bond acceptors (Lipinski definition) is 4. The smallest absolute Gasteiger partial charge is 0.321 e. The molecule has 1 heterocycles. The molecule has 0 bridgehead atoms. The van der Waals surface area contributed by atoms with Crippen LogP contribution >= 0.6 is 0 Å². The van der Waals surface area contributed by atoms with Gasteiger partial charge in [-0.15, -0.1) is 0 Å². The van der Waals surface area contributed by atoms with Gasteiger partial charge >= 0.3 is 6.03 Å². The fourth-order valence-corrected chi connectivity index (χ4v) is 3.69. The fraction of sp³-hybridized carbons (Fsp3) is 0.409. The summed E-state index contributed by atoms with van der Waals surface area (Å²) >= 11 is 0. The lowest BCUT2D eigenvalue weighted by atomic mass is 9.94. The van der Waals surface area contributed by atoms with Crippen LogP contribution in [0.1, 0.15) is 30.7 Å². The van der Waals surface area contributed by atoms with Crippen LogP contribution in [0.5, 0.6) is 17.2 Å². The number of methoxy groups -OCH3 is 3. The average molecular weight is 402 g/mol. The lowest BCUT2D eigenvalue weighted by Gasteiger charge is -2.25. The number of carbonyl (C=O) groups excluding carboxylic acids is 1. The molecule has 156 valence electrons. The Morgan fingerprint density at radius 2 is 1.69 bits per heavy atom. The standard InChI is InChI=1S/C22H27FN2O4/c1-27-19-12-18(13-20(28-2)21(19)29-3)24-22(26)25-11-5-4-6-16(14-25)15-7-9-17(23)10-8-15/h7-10,12-13,16H,4-6,11,14H2,1-3H3,(H,24,26). The number of carbonyl (C=O) groups is 1. The van der Waals surface area contributed by atoms with Gasteiger partial charge in [0, 0.05) is 31.1 Å². The van der Waals surface area contributed by atoms with Crippen molar-refractivity contribution in [3.05, 3.63) is 47.8 Å². The van der Waals surface area contributed by atoms with Crippen LogP contribution in [-0.2, 0) is 0 Å². The van der Waals surface area contributed by atoms with E-state index in [1.54, 1.807) is 24.3 Å². The first-order valence-electron chi connectivity index (χ1n) is 9.67. The molecule has 2 amide bonds. The molecular weight excluding hydrogens is 375 g/mol. The number of nitrogens with one attached hydrogen (secondary N) is 1. The van der Waals surface area contributed by atoms with Crippen molar-refractivity contribution in [2.75, 3.05) is 39.7 Å². The van der Waals surface area contributed by atoms with Gasteiger partial charge in [-0.3, -0.25) is 0 Å². The van der Waals surface area contributed by atoms with Crippen molar-refractivity contribution in [1.29, 1.82) is 0 Å². The number of nitrogens with zero attached hydrogens (tertiary/aromatic N) is 1. The van der Waals surface area contributed by atoms with Crippen LogP contribution in [0.2, 0.25) is 0 Å². The monoisotopic (exact) mass is 402 g/mol. The number of ether oxygens (including phenoxy) is 3. The third kappa shape index (κ3) is 4.91. The Balaban J connectivity index is 1.76. The summed E-state index contributed by atoms with van der Waals surface area (Å²) in [4.78, 5) is 14.8. The minimum absolute atomic E-state index is 0.184. The molecule has 0 aliphatic carbocycles. The predicted molar refractivity (Wildman–Crippen MR) is 110 cm³/mol. The van der Waals surface area contributed by atoms with Gasteiger partial charge in [0.15, 0.2) is 11.5 Å². The Kier molecular flexibility index (Phi) is 6.80. The third-order valence-corrected chi connectivity index (χ3v) is 5.22. The number of halogens is 1. The number of amides is 2. The summed E-state index contributed by atoms with van der Waals surface area (Å²) in [6.45, 7) is 1.26. The molecule has 2 aromatic carbocycles. The maximum atomic E-state index is 13.3. The first kappa shape index (κ1) is 20.8. The maximum Gasteiger partial charge on any atom is 0.321 e. The topological polar surface area (TPSA) is 60.0 Å². The van der Waals surface area contributed by atoms with E-state index >= 15 is 0 Å². The van der Waals surface area contributed by atoms with Gasteiger partial charge < -0.3 is 24.4 Å². The van der Waals surface area contributed by atoms with Gasteiger partial charge in [0.05, 0.1) is 27.0 Å². The highest BCUT2D eigenvalue weighted by Gasteiger charge is 2.24. The van der Waals surface area contributed by atoms with Crippen LogP contribution in [0.4, 0.5) is 14.9 Å². The summed E-state index contributed by atoms with van der Waals surface area (Å²) < 4.78 is 29.3. The molecule has 1 unspecified atom stereocenters. The quantitative estimate of drug-likeness (QED) is 0.791. The molecule has 1 atom stereocenters. The largest absolute Gasteiger partial charge is 0.493 e. The van der Waals surface area contributed by atoms with E-state index in [1.165, 1.54) is 33.5 Å². The highest BCUT2D eigenvalue weighted by Crippen LogP contribution is 2.40. The molecule has 0 saturated carbocycles. The van der Waals surface area contributed by atoms with Crippen LogP contribution in [-0.4, -0.2) is 45.3 Å². The van der Waals surface area contributed by atoms with E-state index in [4.69, 9.17) is 14.2 Å². The highest BCUT2D eigenvalue weighted by atomic mass is 19.1. The second-order valence-electron chi connectivity index (χ2n) is 7.03. The van der Waals surface area contributed by atoms with Crippen molar-refractivity contribution in [3.8, 4) is 17.2 Å². The third-order valence-electron chi connectivity index (χ3n) is 5.22. The Labute approximate surface area is 170 Å². The SMILES string of the molecule is COc1cc(NC(=O)N2CCCCC(c3ccc(F)cc3)C2)cc(OC)c1OC. The van der Waals surface area contributed by atoms with Crippen LogP contribution in [0.15, 0.2) is 36.4 Å². The molecule has 29 heavy (non-hydrogen) atoms. The molecule has 1 N–H and O–H groups in total. The van der Waals surface area contributed by atoms with E-state index in [9.17, 15) is 9.18 Å². The lowest BCUT2D eigenvalue weighted by molar-refractivity contribution is 0.211. The Morgan fingerprint density at radius 3 is 2.28 bits per heavy atom. The number of likely N-dealkylation sites (tertiary alicyclic amines) is 1. The molecule has 1 aliphatic heterocycles. The molecule has 0 aromatic heterocycles. The molecule has 0 radical (unpaired) electrons. The number of rotatable bonds is 5. The molecule has 0 spiro atoms. The van der Waals surface area contributed by atoms with Crippen molar-refractivity contribution < 1.29 is 23.4 Å². The number of hydrogen-bond donors (Lipinski definition) is 1. The first-order valence-corrected chi connectivity index (χ1v) is 9.67.